The van der Waals surface area contributed by atoms with Gasteiger partial charge in [-0.1, -0.05) is 189 Å². The highest BCUT2D eigenvalue weighted by Gasteiger charge is 2.49. The fraction of sp³-hybridized carbons (Fsp3) is 0.614. The number of rotatable bonds is 29. The van der Waals surface area contributed by atoms with Crippen molar-refractivity contribution in [1.82, 2.24) is 0 Å². The number of carbonyl (C=O) groups is 1. The van der Waals surface area contributed by atoms with Crippen molar-refractivity contribution >= 4 is 24.5 Å². The molecule has 0 radical (unpaired) electrons. The summed E-state index contributed by atoms with van der Waals surface area (Å²) >= 11 is 0. The Balaban J connectivity index is 1.43. The van der Waals surface area contributed by atoms with Crippen LogP contribution in [0.4, 0.5) is 0 Å². The van der Waals surface area contributed by atoms with Crippen LogP contribution >= 0.6 is 0 Å². The van der Waals surface area contributed by atoms with E-state index in [9.17, 15) is 9.59 Å². The van der Waals surface area contributed by atoms with Crippen molar-refractivity contribution in [2.45, 2.75) is 173 Å². The highest BCUT2D eigenvalue weighted by Crippen LogP contribution is 2.40. The molecule has 0 saturated carbocycles. The van der Waals surface area contributed by atoms with Crippen LogP contribution in [-0.4, -0.2) is 18.9 Å². The van der Waals surface area contributed by atoms with Crippen LogP contribution in [0.15, 0.2) is 85.0 Å². The van der Waals surface area contributed by atoms with E-state index >= 15 is 0 Å². The Morgan fingerprint density at radius 1 is 0.574 bits per heavy atom. The Labute approximate surface area is 291 Å². The van der Waals surface area contributed by atoms with Crippen molar-refractivity contribution in [2.24, 2.45) is 0 Å². The molecule has 0 spiro atoms. The van der Waals surface area contributed by atoms with Gasteiger partial charge in [-0.05, 0) is 66.8 Å². The van der Waals surface area contributed by atoms with E-state index in [-0.39, 0.29) is 5.04 Å². The normalized spacial score (nSPS) is 12.4. The van der Waals surface area contributed by atoms with Gasteiger partial charge in [-0.2, -0.15) is 0 Å². The first-order valence-electron chi connectivity index (χ1n) is 19.6. The van der Waals surface area contributed by atoms with Crippen molar-refractivity contribution in [3.8, 4) is 0 Å². The molecule has 2 nitrogen and oxygen atoms in total. The topological polar surface area (TPSA) is 37.3 Å². The fourth-order valence-corrected chi connectivity index (χ4v) is 10.7. The van der Waals surface area contributed by atoms with E-state index in [0.717, 1.165) is 55.3 Å². The Hall–Kier alpha value is -2.23. The molecule has 2 aromatic rings. The molecular weight excluding hydrogens is 589 g/mol. The van der Waals surface area contributed by atoms with Gasteiger partial charge < -0.3 is 4.80 Å². The molecule has 2 aromatic carbocycles. The van der Waals surface area contributed by atoms with Crippen LogP contribution in [0.5, 0.6) is 0 Å². The van der Waals surface area contributed by atoms with Gasteiger partial charge in [0.15, 0.2) is 0 Å². The summed E-state index contributed by atoms with van der Waals surface area (Å²) < 4.78 is 0. The largest absolute Gasteiger partial charge is 0.424 e. The van der Waals surface area contributed by atoms with Crippen molar-refractivity contribution in [1.29, 1.82) is 0 Å². The molecule has 0 aliphatic carbocycles. The van der Waals surface area contributed by atoms with Crippen LogP contribution in [0.3, 0.4) is 0 Å². The van der Waals surface area contributed by atoms with Crippen LogP contribution in [0.25, 0.3) is 0 Å². The van der Waals surface area contributed by atoms with Gasteiger partial charge in [0.1, 0.15) is 5.78 Å². The van der Waals surface area contributed by atoms with Gasteiger partial charge in [0.05, 0.1) is 0 Å². The molecule has 262 valence electrons. The van der Waals surface area contributed by atoms with E-state index < -0.39 is 8.32 Å². The first-order valence-corrected chi connectivity index (χ1v) is 21.5. The summed E-state index contributed by atoms with van der Waals surface area (Å²) in [7, 11) is -2.89. The number of Topliss-reactive ketones (excluding diaryl/α,β-unsaturated/α-hetero) is 1. The van der Waals surface area contributed by atoms with Crippen molar-refractivity contribution in [3.05, 3.63) is 85.0 Å². The minimum absolute atomic E-state index is 0.154. The average Bonchev–Trinajstić information content (AvgIpc) is 3.09. The van der Waals surface area contributed by atoms with Gasteiger partial charge in [-0.3, -0.25) is 4.79 Å². The maximum atomic E-state index is 12.3. The van der Waals surface area contributed by atoms with E-state index in [4.69, 9.17) is 0 Å². The zero-order valence-corrected chi connectivity index (χ0v) is 31.7. The predicted octanol–water partition coefficient (Wildman–Crippen LogP) is 12.2. The molecule has 2 rings (SSSR count). The van der Waals surface area contributed by atoms with Gasteiger partial charge in [-0.25, -0.2) is 0 Å². The summed E-state index contributed by atoms with van der Waals surface area (Å²) in [5, 5.41) is 2.05. The summed E-state index contributed by atoms with van der Waals surface area (Å²) in [6.07, 6.45) is 36.6. The molecular formula is C44H70O2Si. The third-order valence-corrected chi connectivity index (χ3v) is 14.6. The van der Waals surface area contributed by atoms with Crippen LogP contribution in [-0.2, 0) is 4.79 Å². The Morgan fingerprint density at radius 3 is 1.45 bits per heavy atom. The molecule has 0 heterocycles. The van der Waals surface area contributed by atoms with Crippen molar-refractivity contribution in [3.63, 3.8) is 0 Å². The van der Waals surface area contributed by atoms with Gasteiger partial charge in [0, 0.05) is 12.8 Å². The average molecular weight is 659 g/mol. The van der Waals surface area contributed by atoms with Gasteiger partial charge >= 0.3 is 0 Å². The van der Waals surface area contributed by atoms with E-state index in [1.54, 1.807) is 0 Å². The van der Waals surface area contributed by atoms with Crippen LogP contribution < -0.4 is 10.4 Å². The maximum absolute atomic E-state index is 12.3. The highest BCUT2D eigenvalue weighted by atomic mass is 28.4. The molecule has 0 atom stereocenters. The van der Waals surface area contributed by atoms with E-state index in [1.807, 2.05) is 12.1 Å². The number of benzene rings is 2. The number of ketones is 1. The molecule has 0 unspecified atom stereocenters. The summed E-state index contributed by atoms with van der Waals surface area (Å²) in [5.74, 6) is 0.475. The molecule has 0 aliphatic heterocycles. The zero-order chi connectivity index (χ0) is 33.9. The number of hydrogen-bond acceptors (Lipinski definition) is 2. The first-order chi connectivity index (χ1) is 22.9. The monoisotopic (exact) mass is 659 g/mol. The van der Waals surface area contributed by atoms with E-state index in [1.165, 1.54) is 103 Å². The molecule has 0 aromatic heterocycles. The van der Waals surface area contributed by atoms with Gasteiger partial charge in [0.25, 0.3) is 8.32 Å². The summed E-state index contributed by atoms with van der Waals surface area (Å²) in [4.78, 5) is 24.6. The highest BCUT2D eigenvalue weighted by molar-refractivity contribution is 6.98. The Kier molecular flexibility index (Phi) is 22.4. The lowest BCUT2D eigenvalue weighted by Gasteiger charge is -2.41. The Bertz CT molecular complexity index is 1050. The molecule has 3 heteroatoms. The fourth-order valence-electron chi connectivity index (χ4n) is 6.87. The van der Waals surface area contributed by atoms with Gasteiger partial charge in [0.2, 0.25) is 0 Å². The predicted molar refractivity (Wildman–Crippen MR) is 209 cm³/mol. The lowest BCUT2D eigenvalue weighted by molar-refractivity contribution is -0.119. The standard InChI is InChI=1S/C44H70O2Si/c1-4-5-6-7-8-9-10-11-12-13-14-15-16-17-19-22-27-34-41(45)35-28-23-20-18-21-24-33-40-44(2,3)47(46,42-36-29-25-30-37-42)43-38-31-26-32-39-43/h8-9,11-12,25-26,29-32,36-39,46H,4-7,10,13-24,27-28,33-35,40H2,1-3H3/b9-8-,12-11-. The molecule has 0 aliphatic rings. The minimum Gasteiger partial charge on any atom is -0.424 e. The molecule has 0 fully saturated rings. The summed E-state index contributed by atoms with van der Waals surface area (Å²) in [6, 6.07) is 20.7. The second-order valence-electron chi connectivity index (χ2n) is 14.5. The SMILES string of the molecule is CCCCC/C=C\C/C=C\CCCCCCCCCC(=O)CCCCCCCCCC(C)(C)[Si](O)(c1ccccc1)c1ccccc1. The number of carbonyl (C=O) groups excluding carboxylic acids is 1. The smallest absolute Gasteiger partial charge is 0.258 e. The Morgan fingerprint density at radius 2 is 0.979 bits per heavy atom. The number of allylic oxidation sites excluding steroid dienone is 4. The second-order valence-corrected chi connectivity index (χ2v) is 18.5. The van der Waals surface area contributed by atoms with Crippen LogP contribution in [0.1, 0.15) is 168 Å². The molecule has 0 amide bonds. The van der Waals surface area contributed by atoms with E-state index in [0.29, 0.717) is 5.78 Å². The lowest BCUT2D eigenvalue weighted by Crippen LogP contribution is -2.65. The number of hydrogen-bond donors (Lipinski definition) is 1. The maximum Gasteiger partial charge on any atom is 0.258 e. The summed E-state index contributed by atoms with van der Waals surface area (Å²) in [6.45, 7) is 6.80. The first kappa shape index (κ1) is 40.9. The van der Waals surface area contributed by atoms with Gasteiger partial charge in [-0.15, -0.1) is 0 Å². The second kappa shape index (κ2) is 25.7. The van der Waals surface area contributed by atoms with E-state index in [2.05, 4.69) is 93.6 Å². The van der Waals surface area contributed by atoms with Crippen molar-refractivity contribution in [2.75, 3.05) is 0 Å². The molecule has 0 bridgehead atoms. The quantitative estimate of drug-likeness (QED) is 0.0536. The third kappa shape index (κ3) is 17.1. The molecule has 0 saturated heterocycles. The third-order valence-electron chi connectivity index (χ3n) is 10.0. The van der Waals surface area contributed by atoms with Crippen LogP contribution in [0.2, 0.25) is 5.04 Å². The molecule has 47 heavy (non-hydrogen) atoms. The minimum atomic E-state index is -2.89. The van der Waals surface area contributed by atoms with Crippen molar-refractivity contribution < 1.29 is 9.59 Å². The lowest BCUT2D eigenvalue weighted by atomic mass is 10.0. The summed E-state index contributed by atoms with van der Waals surface area (Å²) in [5.41, 5.74) is 0. The zero-order valence-electron chi connectivity index (χ0n) is 30.7. The number of unbranched alkanes of at least 4 members (excludes halogenated alkanes) is 16. The van der Waals surface area contributed by atoms with Crippen LogP contribution in [0, 0.1) is 0 Å². The molecule has 1 N–H and O–H groups in total.